The van der Waals surface area contributed by atoms with Crippen molar-refractivity contribution in [3.63, 3.8) is 0 Å². The SMILES string of the molecule is O=C(c1cnc[nH]1)N1CCC(F)(F)[C@@]2(CCN(c3ccccn3)C2)C1. The molecule has 1 spiro atoms. The number of carbonyl (C=O) groups is 1. The molecule has 0 aliphatic carbocycles. The largest absolute Gasteiger partial charge is 0.356 e. The van der Waals surface area contributed by atoms with Crippen LogP contribution in [-0.2, 0) is 0 Å². The van der Waals surface area contributed by atoms with Gasteiger partial charge in [0.15, 0.2) is 0 Å². The van der Waals surface area contributed by atoms with Crippen LogP contribution in [0.2, 0.25) is 0 Å². The number of imidazole rings is 1. The minimum absolute atomic E-state index is 0.0428. The lowest BCUT2D eigenvalue weighted by Crippen LogP contribution is -2.58. The molecule has 2 aromatic heterocycles. The standard InChI is InChI=1S/C17H19F2N5O/c18-17(19)5-8-24(15(25)13-9-20-12-22-13)11-16(17)4-7-23(10-16)14-3-1-2-6-21-14/h1-3,6,9,12H,4-5,7-8,10-11H2,(H,20,22)/t16-/m1/s1. The number of pyridine rings is 1. The third-order valence-electron chi connectivity index (χ3n) is 5.31. The molecule has 2 fully saturated rings. The Morgan fingerprint density at radius 3 is 2.80 bits per heavy atom. The molecule has 0 radical (unpaired) electrons. The van der Waals surface area contributed by atoms with Crippen LogP contribution in [0, 0.1) is 5.41 Å². The highest BCUT2D eigenvalue weighted by Gasteiger charge is 2.60. The highest BCUT2D eigenvalue weighted by Crippen LogP contribution is 2.50. The summed E-state index contributed by atoms with van der Waals surface area (Å²) in [6, 6.07) is 5.48. The van der Waals surface area contributed by atoms with Crippen LogP contribution in [0.3, 0.4) is 0 Å². The summed E-state index contributed by atoms with van der Waals surface area (Å²) in [5.41, 5.74) is -0.904. The van der Waals surface area contributed by atoms with Crippen molar-refractivity contribution >= 4 is 11.7 Å². The van der Waals surface area contributed by atoms with Gasteiger partial charge in [0.2, 0.25) is 0 Å². The lowest BCUT2D eigenvalue weighted by molar-refractivity contribution is -0.150. The monoisotopic (exact) mass is 347 g/mol. The van der Waals surface area contributed by atoms with Crippen molar-refractivity contribution in [3.05, 3.63) is 42.6 Å². The van der Waals surface area contributed by atoms with Gasteiger partial charge in [-0.2, -0.15) is 0 Å². The van der Waals surface area contributed by atoms with Crippen molar-refractivity contribution < 1.29 is 13.6 Å². The maximum Gasteiger partial charge on any atom is 0.271 e. The van der Waals surface area contributed by atoms with Crippen LogP contribution < -0.4 is 4.90 Å². The number of aromatic nitrogens is 3. The molecule has 132 valence electrons. The number of anilines is 1. The van der Waals surface area contributed by atoms with E-state index in [1.807, 2.05) is 17.0 Å². The molecule has 1 atom stereocenters. The summed E-state index contributed by atoms with van der Waals surface area (Å²) in [7, 11) is 0. The van der Waals surface area contributed by atoms with Gasteiger partial charge < -0.3 is 14.8 Å². The van der Waals surface area contributed by atoms with Crippen molar-refractivity contribution in [2.45, 2.75) is 18.8 Å². The minimum Gasteiger partial charge on any atom is -0.356 e. The molecule has 0 unspecified atom stereocenters. The zero-order valence-corrected chi connectivity index (χ0v) is 13.7. The Bertz CT molecular complexity index is 752. The van der Waals surface area contributed by atoms with Crippen LogP contribution in [0.4, 0.5) is 14.6 Å². The molecule has 1 N–H and O–H groups in total. The summed E-state index contributed by atoms with van der Waals surface area (Å²) in [4.78, 5) is 26.8. The molecule has 8 heteroatoms. The van der Waals surface area contributed by atoms with E-state index in [2.05, 4.69) is 15.0 Å². The first kappa shape index (κ1) is 16.0. The minimum atomic E-state index is -2.80. The lowest BCUT2D eigenvalue weighted by atomic mass is 9.75. The Hall–Kier alpha value is -2.51. The summed E-state index contributed by atoms with van der Waals surface area (Å²) in [6.07, 6.45) is 4.52. The smallest absolute Gasteiger partial charge is 0.271 e. The summed E-state index contributed by atoms with van der Waals surface area (Å²) >= 11 is 0. The van der Waals surface area contributed by atoms with Crippen molar-refractivity contribution in [2.75, 3.05) is 31.1 Å². The van der Waals surface area contributed by atoms with Crippen LogP contribution in [-0.4, -0.2) is 57.9 Å². The van der Waals surface area contributed by atoms with Gasteiger partial charge in [0.1, 0.15) is 11.5 Å². The summed E-state index contributed by atoms with van der Waals surface area (Å²) in [5.74, 6) is -2.38. The maximum atomic E-state index is 14.8. The first-order chi connectivity index (χ1) is 12.0. The molecule has 25 heavy (non-hydrogen) atoms. The van der Waals surface area contributed by atoms with Crippen LogP contribution in [0.5, 0.6) is 0 Å². The zero-order valence-electron chi connectivity index (χ0n) is 13.7. The third-order valence-corrected chi connectivity index (χ3v) is 5.31. The van der Waals surface area contributed by atoms with E-state index in [0.29, 0.717) is 24.5 Å². The molecule has 2 saturated heterocycles. The second-order valence-corrected chi connectivity index (χ2v) is 6.79. The second kappa shape index (κ2) is 5.79. The van der Waals surface area contributed by atoms with Gasteiger partial charge in [0, 0.05) is 38.8 Å². The molecule has 0 saturated carbocycles. The van der Waals surface area contributed by atoms with Crippen LogP contribution >= 0.6 is 0 Å². The number of rotatable bonds is 2. The Kier molecular flexibility index (Phi) is 3.70. The lowest BCUT2D eigenvalue weighted by Gasteiger charge is -2.45. The topological polar surface area (TPSA) is 65.1 Å². The fourth-order valence-corrected chi connectivity index (χ4v) is 3.85. The number of carbonyl (C=O) groups excluding carboxylic acids is 1. The molecule has 2 aliphatic rings. The van der Waals surface area contributed by atoms with Gasteiger partial charge in [-0.1, -0.05) is 6.07 Å². The number of hydrogen-bond acceptors (Lipinski definition) is 4. The number of hydrogen-bond donors (Lipinski definition) is 1. The number of alkyl halides is 2. The number of nitrogens with zero attached hydrogens (tertiary/aromatic N) is 4. The zero-order chi connectivity index (χ0) is 17.5. The van der Waals surface area contributed by atoms with E-state index in [0.717, 1.165) is 0 Å². The maximum absolute atomic E-state index is 14.8. The van der Waals surface area contributed by atoms with Crippen molar-refractivity contribution in [2.24, 2.45) is 5.41 Å². The van der Waals surface area contributed by atoms with E-state index in [1.165, 1.54) is 17.4 Å². The number of H-pyrrole nitrogens is 1. The molecular formula is C17H19F2N5O. The van der Waals surface area contributed by atoms with Gasteiger partial charge in [-0.25, -0.2) is 18.7 Å². The van der Waals surface area contributed by atoms with Crippen molar-refractivity contribution in [1.82, 2.24) is 19.9 Å². The first-order valence-electron chi connectivity index (χ1n) is 8.32. The second-order valence-electron chi connectivity index (χ2n) is 6.79. The van der Waals surface area contributed by atoms with Gasteiger partial charge in [0.05, 0.1) is 17.9 Å². The van der Waals surface area contributed by atoms with E-state index in [9.17, 15) is 13.6 Å². The average Bonchev–Trinajstić information content (AvgIpc) is 3.29. The molecular weight excluding hydrogens is 328 g/mol. The van der Waals surface area contributed by atoms with Gasteiger partial charge in [-0.3, -0.25) is 4.79 Å². The number of amides is 1. The summed E-state index contributed by atoms with van der Waals surface area (Å²) < 4.78 is 29.7. The normalized spacial score (nSPS) is 25.5. The molecule has 4 rings (SSSR count). The van der Waals surface area contributed by atoms with Crippen molar-refractivity contribution in [1.29, 1.82) is 0 Å². The molecule has 2 aliphatic heterocycles. The number of nitrogens with one attached hydrogen (secondary N) is 1. The number of likely N-dealkylation sites (tertiary alicyclic amines) is 1. The van der Waals surface area contributed by atoms with E-state index < -0.39 is 11.3 Å². The van der Waals surface area contributed by atoms with E-state index in [4.69, 9.17) is 0 Å². The molecule has 2 aromatic rings. The number of halogens is 2. The van der Waals surface area contributed by atoms with Gasteiger partial charge in [-0.15, -0.1) is 0 Å². The summed E-state index contributed by atoms with van der Waals surface area (Å²) in [6.45, 7) is 0.805. The molecule has 4 heterocycles. The average molecular weight is 347 g/mol. The first-order valence-corrected chi connectivity index (χ1v) is 8.32. The van der Waals surface area contributed by atoms with E-state index in [-0.39, 0.29) is 32.0 Å². The van der Waals surface area contributed by atoms with Crippen LogP contribution in [0.15, 0.2) is 36.9 Å². The van der Waals surface area contributed by atoms with Crippen LogP contribution in [0.25, 0.3) is 0 Å². The fourth-order valence-electron chi connectivity index (χ4n) is 3.85. The van der Waals surface area contributed by atoms with Gasteiger partial charge in [0.25, 0.3) is 11.8 Å². The Morgan fingerprint density at radius 2 is 2.08 bits per heavy atom. The molecule has 1 amide bonds. The van der Waals surface area contributed by atoms with E-state index >= 15 is 0 Å². The fraction of sp³-hybridized carbons (Fsp3) is 0.471. The molecule has 0 aromatic carbocycles. The number of aromatic amines is 1. The molecule has 0 bridgehead atoms. The van der Waals surface area contributed by atoms with Gasteiger partial charge in [-0.05, 0) is 18.6 Å². The summed E-state index contributed by atoms with van der Waals surface area (Å²) in [5, 5.41) is 0. The Morgan fingerprint density at radius 1 is 1.20 bits per heavy atom. The Balaban J connectivity index is 1.57. The highest BCUT2D eigenvalue weighted by atomic mass is 19.3. The predicted octanol–water partition coefficient (Wildman–Crippen LogP) is 2.18. The third kappa shape index (κ3) is 2.65. The molecule has 6 nitrogen and oxygen atoms in total. The van der Waals surface area contributed by atoms with Gasteiger partial charge >= 0.3 is 0 Å². The predicted molar refractivity (Wildman–Crippen MR) is 87.6 cm³/mol. The highest BCUT2D eigenvalue weighted by molar-refractivity contribution is 5.92. The Labute approximate surface area is 143 Å². The van der Waals surface area contributed by atoms with Crippen molar-refractivity contribution in [3.8, 4) is 0 Å². The number of piperidine rings is 1. The van der Waals surface area contributed by atoms with Crippen LogP contribution in [0.1, 0.15) is 23.3 Å². The quantitative estimate of drug-likeness (QED) is 0.904. The van der Waals surface area contributed by atoms with E-state index in [1.54, 1.807) is 12.3 Å².